The Morgan fingerprint density at radius 2 is 1.40 bits per heavy atom. The molecule has 5 nitrogen and oxygen atoms in total. The molecule has 0 radical (unpaired) electrons. The molecule has 10 heavy (non-hydrogen) atoms. The van der Waals surface area contributed by atoms with Crippen molar-refractivity contribution in [1.29, 1.82) is 0 Å². The van der Waals surface area contributed by atoms with Crippen molar-refractivity contribution in [3.05, 3.63) is 0 Å². The van der Waals surface area contributed by atoms with Crippen LogP contribution in [0.5, 0.6) is 0 Å². The van der Waals surface area contributed by atoms with E-state index in [2.05, 4.69) is 0 Å². The zero-order valence-electron chi connectivity index (χ0n) is 6.15. The van der Waals surface area contributed by atoms with Crippen LogP contribution in [0.3, 0.4) is 0 Å². The standard InChI is InChI=1S/C2H6O.CH2O2.CH4O.CH2O/c1-2-3;2-1-3;2*1-2/h3H,2H2,1H3;1H,(H,2,3);2H,1H3;1H2. The Morgan fingerprint density at radius 1 is 1.40 bits per heavy atom. The van der Waals surface area contributed by atoms with Gasteiger partial charge in [0.15, 0.2) is 0 Å². The first-order valence-electron chi connectivity index (χ1n) is 2.25. The van der Waals surface area contributed by atoms with Crippen molar-refractivity contribution in [2.75, 3.05) is 13.7 Å². The van der Waals surface area contributed by atoms with Crippen molar-refractivity contribution >= 4 is 13.3 Å². The Labute approximate surface area is 59.9 Å². The van der Waals surface area contributed by atoms with Gasteiger partial charge in [0.1, 0.15) is 6.79 Å². The minimum atomic E-state index is -0.250. The molecule has 0 aromatic heterocycles. The van der Waals surface area contributed by atoms with Crippen molar-refractivity contribution in [1.82, 2.24) is 0 Å². The van der Waals surface area contributed by atoms with E-state index in [-0.39, 0.29) is 13.1 Å². The summed E-state index contributed by atoms with van der Waals surface area (Å²) in [5, 5.41) is 21.5. The Hall–Kier alpha value is -0.940. The van der Waals surface area contributed by atoms with Crippen LogP contribution in [0.2, 0.25) is 0 Å². The molecule has 0 heterocycles. The van der Waals surface area contributed by atoms with Crippen LogP contribution >= 0.6 is 0 Å². The van der Waals surface area contributed by atoms with Crippen LogP contribution in [-0.4, -0.2) is 42.3 Å². The summed E-state index contributed by atoms with van der Waals surface area (Å²) in [4.78, 5) is 16.4. The van der Waals surface area contributed by atoms with Gasteiger partial charge in [-0.2, -0.15) is 0 Å². The van der Waals surface area contributed by atoms with E-state index in [1.54, 1.807) is 6.92 Å². The predicted octanol–water partition coefficient (Wildman–Crippen LogP) is -0.877. The summed E-state index contributed by atoms with van der Waals surface area (Å²) in [6, 6.07) is 0. The molecule has 3 N–H and O–H groups in total. The number of carbonyl (C=O) groups excluding carboxylic acids is 1. The molecule has 0 aliphatic carbocycles. The molecule has 64 valence electrons. The van der Waals surface area contributed by atoms with E-state index in [1.807, 2.05) is 6.79 Å². The fourth-order valence-corrected chi connectivity index (χ4v) is 0. The molecule has 0 atom stereocenters. The zero-order valence-corrected chi connectivity index (χ0v) is 6.15. The molecule has 0 aromatic rings. The van der Waals surface area contributed by atoms with Gasteiger partial charge in [-0.1, -0.05) is 0 Å². The van der Waals surface area contributed by atoms with Crippen LogP contribution in [0.15, 0.2) is 0 Å². The maximum atomic E-state index is 8.36. The molecule has 0 spiro atoms. The van der Waals surface area contributed by atoms with Crippen molar-refractivity contribution in [3.63, 3.8) is 0 Å². The van der Waals surface area contributed by atoms with E-state index in [1.165, 1.54) is 0 Å². The second kappa shape index (κ2) is 358. The van der Waals surface area contributed by atoms with Crippen molar-refractivity contribution in [2.45, 2.75) is 6.92 Å². The molecule has 0 saturated heterocycles. The highest BCUT2D eigenvalue weighted by molar-refractivity contribution is 5.32. The van der Waals surface area contributed by atoms with Crippen molar-refractivity contribution in [2.24, 2.45) is 0 Å². The number of aliphatic hydroxyl groups excluding tert-OH is 2. The Morgan fingerprint density at radius 3 is 1.40 bits per heavy atom. The molecule has 0 aliphatic heterocycles. The molecule has 0 bridgehead atoms. The van der Waals surface area contributed by atoms with Crippen LogP contribution in [0.4, 0.5) is 0 Å². The normalized spacial score (nSPS) is 4.00. The van der Waals surface area contributed by atoms with Crippen LogP contribution in [0.25, 0.3) is 0 Å². The Kier molecular flexibility index (Phi) is 822. The van der Waals surface area contributed by atoms with Crippen molar-refractivity contribution in [3.8, 4) is 0 Å². The summed E-state index contributed by atoms with van der Waals surface area (Å²) >= 11 is 0. The molecule has 0 aromatic carbocycles. The number of rotatable bonds is 0. The topological polar surface area (TPSA) is 94.8 Å². The third-order valence-electron chi connectivity index (χ3n) is 0. The van der Waals surface area contributed by atoms with E-state index in [9.17, 15) is 0 Å². The smallest absolute Gasteiger partial charge is 0.290 e. The summed E-state index contributed by atoms with van der Waals surface area (Å²) in [7, 11) is 1.00. The van der Waals surface area contributed by atoms with Gasteiger partial charge in [0, 0.05) is 13.7 Å². The lowest BCUT2D eigenvalue weighted by Crippen LogP contribution is -1.57. The minimum absolute atomic E-state index is 0.250. The highest BCUT2D eigenvalue weighted by atomic mass is 16.3. The molecule has 0 amide bonds. The second-order valence-electron chi connectivity index (χ2n) is 0.422. The third-order valence-corrected chi connectivity index (χ3v) is 0. The number of aliphatic hydroxyl groups is 2. The summed E-state index contributed by atoms with van der Waals surface area (Å²) in [5.74, 6) is 0. The van der Waals surface area contributed by atoms with Gasteiger partial charge >= 0.3 is 0 Å². The lowest BCUT2D eigenvalue weighted by atomic mass is 10.9. The highest BCUT2D eigenvalue weighted by Crippen LogP contribution is 1.30. The SMILES string of the molecule is C=O.CCO.CO.O=CO. The summed E-state index contributed by atoms with van der Waals surface area (Å²) in [6.45, 7) is 3.68. The largest absolute Gasteiger partial charge is 0.483 e. The first-order chi connectivity index (χ1) is 4.83. The lowest BCUT2D eigenvalue weighted by molar-refractivity contribution is -0.122. The summed E-state index contributed by atoms with van der Waals surface area (Å²) in [6.07, 6.45) is 0. The lowest BCUT2D eigenvalue weighted by Gasteiger charge is -1.52. The minimum Gasteiger partial charge on any atom is -0.483 e. The van der Waals surface area contributed by atoms with Gasteiger partial charge in [0.05, 0.1) is 0 Å². The molecule has 0 rings (SSSR count). The second-order valence-corrected chi connectivity index (χ2v) is 0.422. The number of carboxylic acid groups (broad SMARTS) is 1. The average Bonchev–Trinajstić information content (AvgIpc) is 1.99. The first-order valence-corrected chi connectivity index (χ1v) is 2.25. The maximum absolute atomic E-state index is 8.36. The number of hydrogen-bond donors (Lipinski definition) is 3. The van der Waals surface area contributed by atoms with Gasteiger partial charge in [-0.05, 0) is 6.92 Å². The third kappa shape index (κ3) is 293. The van der Waals surface area contributed by atoms with Gasteiger partial charge in [-0.15, -0.1) is 0 Å². The fourth-order valence-electron chi connectivity index (χ4n) is 0. The highest BCUT2D eigenvalue weighted by Gasteiger charge is 1.34. The van der Waals surface area contributed by atoms with Gasteiger partial charge in [-0.25, -0.2) is 0 Å². The van der Waals surface area contributed by atoms with Crippen molar-refractivity contribution < 1.29 is 24.9 Å². The molecule has 0 fully saturated rings. The van der Waals surface area contributed by atoms with Gasteiger partial charge in [0.25, 0.3) is 6.47 Å². The monoisotopic (exact) mass is 154 g/mol. The first kappa shape index (κ1) is 23.0. The predicted molar refractivity (Wildman–Crippen MR) is 36.7 cm³/mol. The Bertz CT molecular complexity index is 31.2. The summed E-state index contributed by atoms with van der Waals surface area (Å²) < 4.78 is 0. The van der Waals surface area contributed by atoms with Crippen LogP contribution in [0, 0.1) is 0 Å². The fraction of sp³-hybridized carbons (Fsp3) is 0.600. The molecular weight excluding hydrogens is 140 g/mol. The van der Waals surface area contributed by atoms with Gasteiger partial charge in [-0.3, -0.25) is 4.79 Å². The van der Waals surface area contributed by atoms with E-state index in [0.717, 1.165) is 7.11 Å². The van der Waals surface area contributed by atoms with E-state index < -0.39 is 0 Å². The molecular formula is C5H14O5. The van der Waals surface area contributed by atoms with E-state index >= 15 is 0 Å². The average molecular weight is 154 g/mol. The molecule has 0 saturated carbocycles. The van der Waals surface area contributed by atoms with Gasteiger partial charge < -0.3 is 20.1 Å². The Balaban J connectivity index is -0.0000000246. The van der Waals surface area contributed by atoms with Crippen LogP contribution in [-0.2, 0) is 9.59 Å². The molecule has 0 aliphatic rings. The maximum Gasteiger partial charge on any atom is 0.290 e. The van der Waals surface area contributed by atoms with E-state index in [0.29, 0.717) is 0 Å². The zero-order chi connectivity index (χ0) is 9.41. The molecule has 5 heteroatoms. The quantitative estimate of drug-likeness (QED) is 0.394. The van der Waals surface area contributed by atoms with E-state index in [4.69, 9.17) is 24.9 Å². The van der Waals surface area contributed by atoms with Crippen LogP contribution < -0.4 is 0 Å². The number of carbonyl (C=O) groups is 2. The van der Waals surface area contributed by atoms with Crippen LogP contribution in [0.1, 0.15) is 6.92 Å². The summed E-state index contributed by atoms with van der Waals surface area (Å²) in [5.41, 5.74) is 0. The number of hydrogen-bond acceptors (Lipinski definition) is 4. The molecule has 0 unspecified atom stereocenters. The van der Waals surface area contributed by atoms with Gasteiger partial charge in [0.2, 0.25) is 0 Å².